The second-order valence-electron chi connectivity index (χ2n) is 8.91. The molecule has 1 aromatic rings. The zero-order valence-corrected chi connectivity index (χ0v) is 19.7. The molecule has 0 N–H and O–H groups in total. The second kappa shape index (κ2) is 18.3. The van der Waals surface area contributed by atoms with Crippen molar-refractivity contribution in [2.75, 3.05) is 12.4 Å². The Hall–Kier alpha value is -0.470. The quantitative estimate of drug-likeness (QED) is 0.220. The fourth-order valence-electron chi connectivity index (χ4n) is 4.32. The van der Waals surface area contributed by atoms with Gasteiger partial charge in [-0.25, -0.2) is 0 Å². The fourth-order valence-corrected chi connectivity index (χ4v) is 5.30. The van der Waals surface area contributed by atoms with Crippen LogP contribution in [0.25, 0.3) is 0 Å². The van der Waals surface area contributed by atoms with Crippen LogP contribution < -0.4 is 0 Å². The summed E-state index contributed by atoms with van der Waals surface area (Å²) in [6.07, 6.45) is 24.6. The zero-order chi connectivity index (χ0) is 20.2. The molecule has 2 heteroatoms. The van der Waals surface area contributed by atoms with E-state index in [0.717, 1.165) is 6.61 Å². The van der Waals surface area contributed by atoms with Gasteiger partial charge in [0.05, 0.1) is 6.10 Å². The molecule has 0 spiro atoms. The lowest BCUT2D eigenvalue weighted by atomic mass is 10.0. The van der Waals surface area contributed by atoms with Crippen molar-refractivity contribution in [1.82, 2.24) is 0 Å². The van der Waals surface area contributed by atoms with Crippen molar-refractivity contribution in [3.63, 3.8) is 0 Å². The van der Waals surface area contributed by atoms with Gasteiger partial charge in [0.25, 0.3) is 0 Å². The van der Waals surface area contributed by atoms with Gasteiger partial charge >= 0.3 is 0 Å². The summed E-state index contributed by atoms with van der Waals surface area (Å²) in [7, 11) is 0. The van der Waals surface area contributed by atoms with E-state index in [0.29, 0.717) is 6.10 Å². The summed E-state index contributed by atoms with van der Waals surface area (Å²) in [5, 5.41) is 0. The molecule has 0 radical (unpaired) electrons. The molecule has 1 aromatic carbocycles. The molecule has 0 aromatic heterocycles. The van der Waals surface area contributed by atoms with Crippen LogP contribution in [0.1, 0.15) is 115 Å². The van der Waals surface area contributed by atoms with Crippen LogP contribution in [0.2, 0.25) is 0 Å². The number of hydrogen-bond donors (Lipinski definition) is 0. The number of benzene rings is 1. The third kappa shape index (κ3) is 14.2. The average Bonchev–Trinajstić information content (AvgIpc) is 2.77. The van der Waals surface area contributed by atoms with Gasteiger partial charge in [0.2, 0.25) is 0 Å². The van der Waals surface area contributed by atoms with Crippen LogP contribution in [0.5, 0.6) is 0 Å². The van der Waals surface area contributed by atoms with Crippen molar-refractivity contribution in [1.29, 1.82) is 0 Å². The number of unbranched alkanes of at least 4 members (excludes halogenated alkanes) is 12. The Morgan fingerprint density at radius 3 is 1.86 bits per heavy atom. The van der Waals surface area contributed by atoms with Crippen molar-refractivity contribution < 1.29 is 4.74 Å². The molecule has 0 amide bonds. The summed E-state index contributed by atoms with van der Waals surface area (Å²) >= 11 is 2.09. The highest BCUT2D eigenvalue weighted by Gasteiger charge is 2.12. The first-order chi connectivity index (χ1) is 14.4. The number of thioether (sulfide) groups is 1. The Balaban J connectivity index is 1.21. The van der Waals surface area contributed by atoms with Gasteiger partial charge in [-0.3, -0.25) is 0 Å². The standard InChI is InChI=1S/C27H46OS/c1(2-4-6-8-10-15-21-27-22-16-17-23-28-27)3-5-7-9-11-18-24-29-25-26-19-13-12-14-20-26/h12-14,19-20,27H,1-11,15-18,21-25H2. The van der Waals surface area contributed by atoms with E-state index in [4.69, 9.17) is 4.74 Å². The largest absolute Gasteiger partial charge is 0.378 e. The molecule has 0 saturated carbocycles. The third-order valence-electron chi connectivity index (χ3n) is 6.20. The topological polar surface area (TPSA) is 9.23 Å². The Kier molecular flexibility index (Phi) is 15.7. The summed E-state index contributed by atoms with van der Waals surface area (Å²) < 4.78 is 5.82. The minimum absolute atomic E-state index is 0.594. The van der Waals surface area contributed by atoms with Crippen LogP contribution in [0.15, 0.2) is 30.3 Å². The SMILES string of the molecule is c1ccc(CSCCCCCCCCCCCCCCCC2CCCCO2)cc1. The molecule has 1 fully saturated rings. The first kappa shape index (κ1) is 24.8. The Morgan fingerprint density at radius 2 is 1.28 bits per heavy atom. The van der Waals surface area contributed by atoms with E-state index in [-0.39, 0.29) is 0 Å². The summed E-state index contributed by atoms with van der Waals surface area (Å²) in [5.74, 6) is 2.50. The number of rotatable bonds is 18. The molecule has 1 heterocycles. The van der Waals surface area contributed by atoms with E-state index < -0.39 is 0 Å². The highest BCUT2D eigenvalue weighted by Crippen LogP contribution is 2.19. The van der Waals surface area contributed by atoms with E-state index in [9.17, 15) is 0 Å². The van der Waals surface area contributed by atoms with Gasteiger partial charge in [-0.2, -0.15) is 11.8 Å². The van der Waals surface area contributed by atoms with E-state index in [1.165, 1.54) is 126 Å². The van der Waals surface area contributed by atoms with E-state index >= 15 is 0 Å². The highest BCUT2D eigenvalue weighted by molar-refractivity contribution is 7.98. The predicted octanol–water partition coefficient (Wildman–Crippen LogP) is 8.95. The van der Waals surface area contributed by atoms with Crippen LogP contribution in [0, 0.1) is 0 Å². The molecular weight excluding hydrogens is 372 g/mol. The van der Waals surface area contributed by atoms with E-state index in [2.05, 4.69) is 42.1 Å². The van der Waals surface area contributed by atoms with Gasteiger partial charge in [0.15, 0.2) is 0 Å². The summed E-state index contributed by atoms with van der Waals surface area (Å²) in [6.45, 7) is 1.01. The Labute approximate surface area is 185 Å². The maximum absolute atomic E-state index is 5.82. The third-order valence-corrected chi connectivity index (χ3v) is 7.32. The average molecular weight is 419 g/mol. The van der Waals surface area contributed by atoms with Crippen LogP contribution in [-0.2, 0) is 10.5 Å². The molecule has 0 aliphatic carbocycles. The summed E-state index contributed by atoms with van der Waals surface area (Å²) in [6, 6.07) is 10.9. The molecule has 29 heavy (non-hydrogen) atoms. The van der Waals surface area contributed by atoms with Crippen molar-refractivity contribution in [3.8, 4) is 0 Å². The molecule has 2 rings (SSSR count). The molecule has 1 saturated heterocycles. The highest BCUT2D eigenvalue weighted by atomic mass is 32.2. The maximum Gasteiger partial charge on any atom is 0.0575 e. The van der Waals surface area contributed by atoms with Gasteiger partial charge in [0, 0.05) is 12.4 Å². The molecular formula is C27H46OS. The Morgan fingerprint density at radius 1 is 0.690 bits per heavy atom. The van der Waals surface area contributed by atoms with Crippen molar-refractivity contribution in [2.24, 2.45) is 0 Å². The normalized spacial score (nSPS) is 16.9. The summed E-state index contributed by atoms with van der Waals surface area (Å²) in [5.41, 5.74) is 1.46. The fraction of sp³-hybridized carbons (Fsp3) is 0.778. The predicted molar refractivity (Wildman–Crippen MR) is 131 cm³/mol. The van der Waals surface area contributed by atoms with Gasteiger partial charge in [-0.15, -0.1) is 0 Å². The van der Waals surface area contributed by atoms with Crippen LogP contribution in [-0.4, -0.2) is 18.5 Å². The van der Waals surface area contributed by atoms with Gasteiger partial charge in [-0.05, 0) is 43.4 Å². The number of hydrogen-bond acceptors (Lipinski definition) is 2. The van der Waals surface area contributed by atoms with Crippen molar-refractivity contribution >= 4 is 11.8 Å². The number of ether oxygens (including phenoxy) is 1. The van der Waals surface area contributed by atoms with Gasteiger partial charge < -0.3 is 4.74 Å². The molecule has 166 valence electrons. The lowest BCUT2D eigenvalue weighted by molar-refractivity contribution is 0.00977. The Bertz CT molecular complexity index is 455. The molecule has 1 unspecified atom stereocenters. The monoisotopic (exact) mass is 418 g/mol. The smallest absolute Gasteiger partial charge is 0.0575 e. The molecule has 1 atom stereocenters. The van der Waals surface area contributed by atoms with Gasteiger partial charge in [0.1, 0.15) is 0 Å². The molecule has 0 bridgehead atoms. The minimum Gasteiger partial charge on any atom is -0.378 e. The summed E-state index contributed by atoms with van der Waals surface area (Å²) in [4.78, 5) is 0. The molecule has 1 nitrogen and oxygen atoms in total. The minimum atomic E-state index is 0.594. The van der Waals surface area contributed by atoms with Crippen LogP contribution >= 0.6 is 11.8 Å². The maximum atomic E-state index is 5.82. The van der Waals surface area contributed by atoms with E-state index in [1.54, 1.807) is 0 Å². The first-order valence-electron chi connectivity index (χ1n) is 12.7. The molecule has 1 aliphatic rings. The van der Waals surface area contributed by atoms with Gasteiger partial charge in [-0.1, -0.05) is 107 Å². The van der Waals surface area contributed by atoms with Crippen molar-refractivity contribution in [3.05, 3.63) is 35.9 Å². The van der Waals surface area contributed by atoms with E-state index in [1.807, 2.05) is 0 Å². The van der Waals surface area contributed by atoms with Crippen LogP contribution in [0.3, 0.4) is 0 Å². The lowest BCUT2D eigenvalue weighted by Gasteiger charge is -2.22. The zero-order valence-electron chi connectivity index (χ0n) is 18.9. The lowest BCUT2D eigenvalue weighted by Crippen LogP contribution is -2.18. The first-order valence-corrected chi connectivity index (χ1v) is 13.8. The molecule has 1 aliphatic heterocycles. The van der Waals surface area contributed by atoms with Crippen molar-refractivity contribution in [2.45, 2.75) is 121 Å². The second-order valence-corrected chi connectivity index (χ2v) is 10.0. The van der Waals surface area contributed by atoms with Crippen LogP contribution in [0.4, 0.5) is 0 Å².